The van der Waals surface area contributed by atoms with Crippen LogP contribution in [0.3, 0.4) is 0 Å². The van der Waals surface area contributed by atoms with Crippen molar-refractivity contribution < 1.29 is 0 Å². The van der Waals surface area contributed by atoms with Crippen LogP contribution < -0.4 is 21.3 Å². The Morgan fingerprint density at radius 1 is 0.500 bits per heavy atom. The Bertz CT molecular complexity index is 588. The molecule has 4 N–H and O–H groups in total. The largest absolute Gasteiger partial charge is 0.385 e. The first kappa shape index (κ1) is 21.9. The molecule has 0 saturated carbocycles. The minimum atomic E-state index is 0.467. The molecule has 0 bridgehead atoms. The zero-order chi connectivity index (χ0) is 20.2. The smallest absolute Gasteiger partial charge is 0.0343 e. The molecule has 0 aliphatic carbocycles. The molecule has 0 aliphatic rings. The predicted molar refractivity (Wildman–Crippen MR) is 126 cm³/mol. The van der Waals surface area contributed by atoms with Gasteiger partial charge in [0, 0.05) is 47.9 Å². The number of hydrogen-bond acceptors (Lipinski definition) is 4. The van der Waals surface area contributed by atoms with Crippen LogP contribution >= 0.6 is 0 Å². The lowest BCUT2D eigenvalue weighted by atomic mass is 10.2. The van der Waals surface area contributed by atoms with Gasteiger partial charge in [-0.2, -0.15) is 0 Å². The second-order valence-electron chi connectivity index (χ2n) is 8.02. The second-order valence-corrected chi connectivity index (χ2v) is 8.02. The van der Waals surface area contributed by atoms with E-state index in [9.17, 15) is 0 Å². The summed E-state index contributed by atoms with van der Waals surface area (Å²) in [6.45, 7) is 10.7. The summed E-state index contributed by atoms with van der Waals surface area (Å²) in [4.78, 5) is 0. The number of unbranched alkanes of at least 4 members (excludes halogenated alkanes) is 3. The van der Waals surface area contributed by atoms with E-state index in [1.165, 1.54) is 48.4 Å². The van der Waals surface area contributed by atoms with Gasteiger partial charge in [-0.1, -0.05) is 12.8 Å². The Labute approximate surface area is 171 Å². The molecule has 0 saturated heterocycles. The van der Waals surface area contributed by atoms with Crippen LogP contribution in [-0.4, -0.2) is 25.2 Å². The molecule has 0 atom stereocenters. The maximum Gasteiger partial charge on any atom is 0.0343 e. The van der Waals surface area contributed by atoms with E-state index in [1.54, 1.807) is 0 Å². The van der Waals surface area contributed by atoms with Crippen LogP contribution in [0.5, 0.6) is 0 Å². The summed E-state index contributed by atoms with van der Waals surface area (Å²) in [5.41, 5.74) is 4.76. The lowest BCUT2D eigenvalue weighted by molar-refractivity contribution is 0.670. The van der Waals surface area contributed by atoms with Gasteiger partial charge >= 0.3 is 0 Å². The molecule has 4 nitrogen and oxygen atoms in total. The van der Waals surface area contributed by atoms with Crippen molar-refractivity contribution in [1.82, 2.24) is 0 Å². The molecule has 2 rings (SSSR count). The molecular weight excluding hydrogens is 344 g/mol. The van der Waals surface area contributed by atoms with Gasteiger partial charge in [-0.3, -0.25) is 0 Å². The van der Waals surface area contributed by atoms with Gasteiger partial charge in [0.1, 0.15) is 0 Å². The van der Waals surface area contributed by atoms with E-state index < -0.39 is 0 Å². The zero-order valence-corrected chi connectivity index (χ0v) is 18.0. The lowest BCUT2D eigenvalue weighted by Crippen LogP contribution is -2.09. The highest BCUT2D eigenvalue weighted by Gasteiger charge is 1.98. The minimum Gasteiger partial charge on any atom is -0.385 e. The van der Waals surface area contributed by atoms with E-state index >= 15 is 0 Å². The number of hydrogen-bond donors (Lipinski definition) is 4. The highest BCUT2D eigenvalue weighted by Crippen LogP contribution is 2.16. The number of rotatable bonds is 13. The van der Waals surface area contributed by atoms with Crippen molar-refractivity contribution in [2.75, 3.05) is 34.4 Å². The molecular formula is C24H38N4. The van der Waals surface area contributed by atoms with Crippen LogP contribution in [0.1, 0.15) is 53.4 Å². The van der Waals surface area contributed by atoms with E-state index in [2.05, 4.69) is 97.5 Å². The van der Waals surface area contributed by atoms with Gasteiger partial charge in [-0.15, -0.1) is 0 Å². The lowest BCUT2D eigenvalue weighted by Gasteiger charge is -2.12. The van der Waals surface area contributed by atoms with Crippen molar-refractivity contribution in [3.63, 3.8) is 0 Å². The maximum absolute atomic E-state index is 3.51. The first-order chi connectivity index (χ1) is 13.5. The van der Waals surface area contributed by atoms with Crippen LogP contribution in [0, 0.1) is 0 Å². The third-order valence-electron chi connectivity index (χ3n) is 4.44. The van der Waals surface area contributed by atoms with Crippen molar-refractivity contribution in [2.24, 2.45) is 0 Å². The van der Waals surface area contributed by atoms with Gasteiger partial charge < -0.3 is 21.3 Å². The molecule has 0 aliphatic heterocycles. The van der Waals surface area contributed by atoms with E-state index in [0.29, 0.717) is 12.1 Å². The first-order valence-electron chi connectivity index (χ1n) is 10.7. The molecule has 0 aromatic heterocycles. The Kier molecular flexibility index (Phi) is 9.53. The molecule has 2 aromatic rings. The Balaban J connectivity index is 1.50. The van der Waals surface area contributed by atoms with Crippen LogP contribution in [0.4, 0.5) is 22.7 Å². The van der Waals surface area contributed by atoms with E-state index in [0.717, 1.165) is 13.1 Å². The molecule has 2 aromatic carbocycles. The van der Waals surface area contributed by atoms with Crippen LogP contribution in [0.2, 0.25) is 0 Å². The monoisotopic (exact) mass is 382 g/mol. The van der Waals surface area contributed by atoms with E-state index in [-0.39, 0.29) is 0 Å². The molecule has 0 heterocycles. The SMILES string of the molecule is CC(C)Nc1ccc(NCCCCCCNc2ccc(NC(C)C)cc2)cc1. The quantitative estimate of drug-likeness (QED) is 0.302. The first-order valence-corrected chi connectivity index (χ1v) is 10.7. The Morgan fingerprint density at radius 3 is 1.14 bits per heavy atom. The third kappa shape index (κ3) is 9.03. The summed E-state index contributed by atoms with van der Waals surface area (Å²) in [5, 5.41) is 13.8. The van der Waals surface area contributed by atoms with Crippen LogP contribution in [-0.2, 0) is 0 Å². The summed E-state index contributed by atoms with van der Waals surface area (Å²) in [7, 11) is 0. The topological polar surface area (TPSA) is 48.1 Å². The summed E-state index contributed by atoms with van der Waals surface area (Å²) < 4.78 is 0. The highest BCUT2D eigenvalue weighted by molar-refractivity contribution is 5.54. The normalized spacial score (nSPS) is 10.9. The summed E-state index contributed by atoms with van der Waals surface area (Å²) in [6.07, 6.45) is 4.95. The molecule has 4 heteroatoms. The van der Waals surface area contributed by atoms with Crippen molar-refractivity contribution in [3.05, 3.63) is 48.5 Å². The van der Waals surface area contributed by atoms with Gasteiger partial charge in [0.15, 0.2) is 0 Å². The Hall–Kier alpha value is -2.36. The van der Waals surface area contributed by atoms with Crippen LogP contribution in [0.15, 0.2) is 48.5 Å². The number of benzene rings is 2. The van der Waals surface area contributed by atoms with Crippen molar-refractivity contribution in [3.8, 4) is 0 Å². The standard InChI is InChI=1S/C24H38N4/c1-19(2)27-23-13-9-21(10-14-23)25-17-7-5-6-8-18-26-22-11-15-24(16-12-22)28-20(3)4/h9-16,19-20,25-28H,5-8,17-18H2,1-4H3. The van der Waals surface area contributed by atoms with Gasteiger partial charge in [-0.05, 0) is 89.1 Å². The fourth-order valence-electron chi connectivity index (χ4n) is 3.10. The fourth-order valence-corrected chi connectivity index (χ4v) is 3.10. The van der Waals surface area contributed by atoms with Crippen molar-refractivity contribution >= 4 is 22.7 Å². The molecule has 0 fully saturated rings. The molecule has 0 spiro atoms. The number of nitrogens with one attached hydrogen (secondary N) is 4. The highest BCUT2D eigenvalue weighted by atomic mass is 14.9. The van der Waals surface area contributed by atoms with Crippen LogP contribution in [0.25, 0.3) is 0 Å². The molecule has 0 radical (unpaired) electrons. The average molecular weight is 383 g/mol. The average Bonchev–Trinajstić information content (AvgIpc) is 2.65. The summed E-state index contributed by atoms with van der Waals surface area (Å²) in [6, 6.07) is 18.1. The van der Waals surface area contributed by atoms with Gasteiger partial charge in [-0.25, -0.2) is 0 Å². The third-order valence-corrected chi connectivity index (χ3v) is 4.44. The fraction of sp³-hybridized carbons (Fsp3) is 0.500. The van der Waals surface area contributed by atoms with E-state index in [4.69, 9.17) is 0 Å². The molecule has 0 amide bonds. The Morgan fingerprint density at radius 2 is 0.821 bits per heavy atom. The predicted octanol–water partition coefficient (Wildman–Crippen LogP) is 6.41. The second kappa shape index (κ2) is 12.2. The zero-order valence-electron chi connectivity index (χ0n) is 18.0. The van der Waals surface area contributed by atoms with Gasteiger partial charge in [0.2, 0.25) is 0 Å². The van der Waals surface area contributed by atoms with Crippen molar-refractivity contribution in [2.45, 2.75) is 65.5 Å². The summed E-state index contributed by atoms with van der Waals surface area (Å²) >= 11 is 0. The molecule has 0 unspecified atom stereocenters. The molecule has 154 valence electrons. The number of anilines is 4. The summed E-state index contributed by atoms with van der Waals surface area (Å²) in [5.74, 6) is 0. The van der Waals surface area contributed by atoms with Crippen molar-refractivity contribution in [1.29, 1.82) is 0 Å². The van der Waals surface area contributed by atoms with E-state index in [1.807, 2.05) is 0 Å². The maximum atomic E-state index is 3.51. The molecule has 28 heavy (non-hydrogen) atoms. The van der Waals surface area contributed by atoms with Gasteiger partial charge in [0.05, 0.1) is 0 Å². The van der Waals surface area contributed by atoms with Gasteiger partial charge in [0.25, 0.3) is 0 Å². The minimum absolute atomic E-state index is 0.467.